The van der Waals surface area contributed by atoms with Crippen LogP contribution in [0.4, 0.5) is 0 Å². The van der Waals surface area contributed by atoms with Gasteiger partial charge in [0.15, 0.2) is 0 Å². The van der Waals surface area contributed by atoms with Crippen LogP contribution in [-0.2, 0) is 19.2 Å². The lowest BCUT2D eigenvalue weighted by atomic mass is 10.0. The van der Waals surface area contributed by atoms with Gasteiger partial charge in [-0.05, 0) is 30.2 Å². The molecule has 0 aromatic heterocycles. The van der Waals surface area contributed by atoms with Crippen molar-refractivity contribution in [3.05, 3.63) is 53.3 Å². The quantitative estimate of drug-likeness (QED) is 0.360. The highest BCUT2D eigenvalue weighted by Crippen LogP contribution is 2.40. The third-order valence-electron chi connectivity index (χ3n) is 4.81. The number of allylic oxidation sites excluding steroid dienone is 2. The minimum atomic E-state index is -1.20. The van der Waals surface area contributed by atoms with Crippen molar-refractivity contribution in [1.82, 2.24) is 15.5 Å². The molecule has 2 heterocycles. The number of amides is 3. The van der Waals surface area contributed by atoms with Gasteiger partial charge in [-0.15, -0.1) is 11.8 Å². The molecule has 0 aliphatic carbocycles. The van der Waals surface area contributed by atoms with Crippen LogP contribution in [0.1, 0.15) is 18.5 Å². The summed E-state index contributed by atoms with van der Waals surface area (Å²) in [5.74, 6) is -2.47. The van der Waals surface area contributed by atoms with Crippen molar-refractivity contribution in [2.24, 2.45) is 5.73 Å². The van der Waals surface area contributed by atoms with Crippen molar-refractivity contribution in [3.8, 4) is 5.75 Å². The van der Waals surface area contributed by atoms with E-state index in [9.17, 15) is 24.3 Å². The lowest BCUT2D eigenvalue weighted by Crippen LogP contribution is -2.71. The fourth-order valence-corrected chi connectivity index (χ4v) is 4.62. The van der Waals surface area contributed by atoms with Gasteiger partial charge in [-0.1, -0.05) is 24.3 Å². The van der Waals surface area contributed by atoms with E-state index in [2.05, 4.69) is 10.6 Å². The van der Waals surface area contributed by atoms with Gasteiger partial charge in [-0.25, -0.2) is 0 Å². The Balaban J connectivity index is 1.75. The Hall–Kier alpha value is -3.31. The minimum Gasteiger partial charge on any atom is -0.508 e. The fraction of sp³-hybridized carbons (Fsp3) is 0.300. The predicted octanol–water partition coefficient (Wildman–Crippen LogP) is -0.177. The first-order valence-electron chi connectivity index (χ1n) is 9.40. The Kier molecular flexibility index (Phi) is 6.66. The van der Waals surface area contributed by atoms with Gasteiger partial charge in [0.25, 0.3) is 11.8 Å². The van der Waals surface area contributed by atoms with E-state index in [0.29, 0.717) is 16.9 Å². The van der Waals surface area contributed by atoms with Crippen molar-refractivity contribution in [1.29, 1.82) is 0 Å². The molecule has 2 aliphatic heterocycles. The SMILES string of the molecule is C/C=C/C1=C(C(=O)NCC(=O)O)N2C(=O)[C@@H](NC(=O)[C@H](N)c3ccc(O)cc3)[C@H]2SC1. The smallest absolute Gasteiger partial charge is 0.322 e. The average Bonchev–Trinajstić information content (AvgIpc) is 2.75. The minimum absolute atomic E-state index is 0.0391. The molecule has 2 aliphatic rings. The number of nitrogens with two attached hydrogens (primary N) is 1. The molecule has 0 bridgehead atoms. The molecular formula is C20H22N4O6S. The maximum atomic E-state index is 12.8. The molecule has 10 nitrogen and oxygen atoms in total. The van der Waals surface area contributed by atoms with Gasteiger partial charge in [0.05, 0.1) is 0 Å². The van der Waals surface area contributed by atoms with Crippen LogP contribution in [0.3, 0.4) is 0 Å². The van der Waals surface area contributed by atoms with Crippen molar-refractivity contribution in [2.45, 2.75) is 24.4 Å². The maximum absolute atomic E-state index is 12.8. The molecule has 164 valence electrons. The van der Waals surface area contributed by atoms with E-state index in [1.807, 2.05) is 0 Å². The molecule has 6 N–H and O–H groups in total. The zero-order chi connectivity index (χ0) is 22.7. The lowest BCUT2D eigenvalue weighted by Gasteiger charge is -2.50. The van der Waals surface area contributed by atoms with Crippen LogP contribution < -0.4 is 16.4 Å². The molecule has 0 unspecified atom stereocenters. The summed E-state index contributed by atoms with van der Waals surface area (Å²) in [7, 11) is 0. The first-order chi connectivity index (χ1) is 14.7. The summed E-state index contributed by atoms with van der Waals surface area (Å²) in [5.41, 5.74) is 7.12. The Morgan fingerprint density at radius 2 is 2.00 bits per heavy atom. The molecule has 1 aromatic carbocycles. The number of carbonyl (C=O) groups is 4. The molecule has 0 radical (unpaired) electrons. The van der Waals surface area contributed by atoms with Crippen LogP contribution in [0, 0.1) is 0 Å². The van der Waals surface area contributed by atoms with E-state index >= 15 is 0 Å². The van der Waals surface area contributed by atoms with Crippen LogP contribution in [-0.4, -0.2) is 62.5 Å². The van der Waals surface area contributed by atoms with E-state index in [4.69, 9.17) is 10.8 Å². The van der Waals surface area contributed by atoms with E-state index in [1.165, 1.54) is 40.9 Å². The summed E-state index contributed by atoms with van der Waals surface area (Å²) in [4.78, 5) is 50.0. The zero-order valence-corrected chi connectivity index (χ0v) is 17.4. The number of hydrogen-bond donors (Lipinski definition) is 5. The Bertz CT molecular complexity index is 974. The second-order valence-electron chi connectivity index (χ2n) is 6.92. The second kappa shape index (κ2) is 9.23. The van der Waals surface area contributed by atoms with Crippen LogP contribution in [0.15, 0.2) is 47.7 Å². The number of phenols is 1. The number of β-lactam (4-membered cyclic amide) rings is 1. The van der Waals surface area contributed by atoms with E-state index < -0.39 is 47.7 Å². The number of carboxylic acids is 1. The van der Waals surface area contributed by atoms with E-state index in [1.54, 1.807) is 19.1 Å². The van der Waals surface area contributed by atoms with Gasteiger partial charge in [0.2, 0.25) is 5.91 Å². The van der Waals surface area contributed by atoms with Gasteiger partial charge < -0.3 is 26.6 Å². The van der Waals surface area contributed by atoms with Gasteiger partial charge in [0, 0.05) is 5.75 Å². The lowest BCUT2D eigenvalue weighted by molar-refractivity contribution is -0.148. The Morgan fingerprint density at radius 1 is 1.32 bits per heavy atom. The number of carboxylic acid groups (broad SMARTS) is 1. The molecule has 31 heavy (non-hydrogen) atoms. The van der Waals surface area contributed by atoms with Crippen LogP contribution in [0.2, 0.25) is 0 Å². The number of fused-ring (bicyclic) bond motifs is 1. The number of rotatable bonds is 7. The summed E-state index contributed by atoms with van der Waals surface area (Å²) in [6.07, 6.45) is 3.42. The van der Waals surface area contributed by atoms with E-state index in [-0.39, 0.29) is 11.4 Å². The van der Waals surface area contributed by atoms with Gasteiger partial charge in [-0.2, -0.15) is 0 Å². The van der Waals surface area contributed by atoms with Gasteiger partial charge >= 0.3 is 5.97 Å². The first-order valence-corrected chi connectivity index (χ1v) is 10.4. The predicted molar refractivity (Wildman–Crippen MR) is 113 cm³/mol. The van der Waals surface area contributed by atoms with Crippen molar-refractivity contribution in [3.63, 3.8) is 0 Å². The number of hydrogen-bond acceptors (Lipinski definition) is 7. The summed E-state index contributed by atoms with van der Waals surface area (Å²) in [6.45, 7) is 1.19. The fourth-order valence-electron chi connectivity index (χ4n) is 3.30. The van der Waals surface area contributed by atoms with Crippen LogP contribution in [0.25, 0.3) is 0 Å². The van der Waals surface area contributed by atoms with Gasteiger partial charge in [0.1, 0.15) is 35.4 Å². The van der Waals surface area contributed by atoms with Crippen molar-refractivity contribution >= 4 is 35.5 Å². The highest BCUT2D eigenvalue weighted by atomic mass is 32.2. The zero-order valence-electron chi connectivity index (χ0n) is 16.6. The number of carbonyl (C=O) groups excluding carboxylic acids is 3. The Labute approximate surface area is 182 Å². The average molecular weight is 446 g/mol. The summed E-state index contributed by atoms with van der Waals surface area (Å²) in [5, 5.41) is 22.6. The standard InChI is InChI=1S/C20H22N4O6S/c1-2-3-11-9-31-20-15(19(30)24(20)16(11)18(29)22-8-13(26)27)23-17(28)14(21)10-4-6-12(25)7-5-10/h2-7,14-15,20,25H,8-9,21H2,1H3,(H,22,29)(H,23,28)(H,26,27)/b3-2+/t14-,15-,20-/m1/s1. The summed E-state index contributed by atoms with van der Waals surface area (Å²) in [6, 6.07) is 3.94. The highest BCUT2D eigenvalue weighted by Gasteiger charge is 2.54. The normalized spacial score (nSPS) is 21.4. The first kappa shape index (κ1) is 22.4. The third kappa shape index (κ3) is 4.57. The summed E-state index contributed by atoms with van der Waals surface area (Å²) >= 11 is 1.38. The molecule has 11 heteroatoms. The Morgan fingerprint density at radius 3 is 2.61 bits per heavy atom. The number of aromatic hydroxyl groups is 1. The number of phenolic OH excluding ortho intramolecular Hbond substituents is 1. The largest absolute Gasteiger partial charge is 0.508 e. The number of nitrogens with one attached hydrogen (secondary N) is 2. The molecule has 1 fully saturated rings. The number of nitrogens with zero attached hydrogens (tertiary/aromatic N) is 1. The second-order valence-corrected chi connectivity index (χ2v) is 8.02. The molecule has 3 rings (SSSR count). The van der Waals surface area contributed by atoms with Crippen molar-refractivity contribution < 1.29 is 29.4 Å². The highest BCUT2D eigenvalue weighted by molar-refractivity contribution is 8.00. The third-order valence-corrected chi connectivity index (χ3v) is 6.12. The molecule has 0 spiro atoms. The molecule has 0 saturated carbocycles. The number of benzene rings is 1. The number of thioether (sulfide) groups is 1. The van der Waals surface area contributed by atoms with Crippen LogP contribution >= 0.6 is 11.8 Å². The molecule has 3 amide bonds. The van der Waals surface area contributed by atoms with Crippen molar-refractivity contribution in [2.75, 3.05) is 12.3 Å². The van der Waals surface area contributed by atoms with Crippen LogP contribution in [0.5, 0.6) is 5.75 Å². The number of aliphatic carboxylic acids is 1. The van der Waals surface area contributed by atoms with Gasteiger partial charge in [-0.3, -0.25) is 24.1 Å². The topological polar surface area (TPSA) is 162 Å². The molecule has 1 aromatic rings. The maximum Gasteiger partial charge on any atom is 0.322 e. The van der Waals surface area contributed by atoms with E-state index in [0.717, 1.165) is 0 Å². The molecule has 1 saturated heterocycles. The summed E-state index contributed by atoms with van der Waals surface area (Å²) < 4.78 is 0. The molecule has 3 atom stereocenters. The molecular weight excluding hydrogens is 424 g/mol. The monoisotopic (exact) mass is 446 g/mol.